The summed E-state index contributed by atoms with van der Waals surface area (Å²) in [6.07, 6.45) is 1.77. The second-order valence-corrected chi connectivity index (χ2v) is 6.05. The number of phenols is 1. The molecule has 1 amide bonds. The van der Waals surface area contributed by atoms with Crippen molar-refractivity contribution in [1.82, 2.24) is 9.88 Å². The van der Waals surface area contributed by atoms with E-state index in [9.17, 15) is 9.90 Å². The number of aromatic hydroxyl groups is 1. The molecule has 22 heavy (non-hydrogen) atoms. The predicted octanol–water partition coefficient (Wildman–Crippen LogP) is 2.51. The number of aromatic nitrogens is 1. The van der Waals surface area contributed by atoms with Crippen LogP contribution in [-0.2, 0) is 0 Å². The van der Waals surface area contributed by atoms with Crippen LogP contribution in [0.25, 0.3) is 0 Å². The van der Waals surface area contributed by atoms with Gasteiger partial charge < -0.3 is 14.9 Å². The maximum absolute atomic E-state index is 12.4. The van der Waals surface area contributed by atoms with Crippen LogP contribution in [0.2, 0.25) is 0 Å². The summed E-state index contributed by atoms with van der Waals surface area (Å²) >= 11 is 3.37. The summed E-state index contributed by atoms with van der Waals surface area (Å²) in [6, 6.07) is 10.6. The summed E-state index contributed by atoms with van der Waals surface area (Å²) in [4.78, 5) is 20.7. The molecule has 1 aliphatic heterocycles. The number of amides is 1. The van der Waals surface area contributed by atoms with Crippen LogP contribution in [0.4, 0.5) is 5.82 Å². The van der Waals surface area contributed by atoms with Gasteiger partial charge in [0.05, 0.1) is 5.56 Å². The number of carbonyl (C=O) groups excluding carboxylic acids is 1. The van der Waals surface area contributed by atoms with Crippen LogP contribution in [0, 0.1) is 0 Å². The van der Waals surface area contributed by atoms with E-state index in [1.165, 1.54) is 6.07 Å². The molecule has 0 atom stereocenters. The molecule has 0 spiro atoms. The number of rotatable bonds is 2. The number of phenolic OH excluding ortho intramolecular Hbond substituents is 1. The molecule has 114 valence electrons. The van der Waals surface area contributed by atoms with Crippen LogP contribution in [0.3, 0.4) is 0 Å². The minimum absolute atomic E-state index is 0.0319. The van der Waals surface area contributed by atoms with Gasteiger partial charge in [0.25, 0.3) is 5.91 Å². The number of nitrogens with zero attached hydrogens (tertiary/aromatic N) is 3. The average molecular weight is 362 g/mol. The van der Waals surface area contributed by atoms with Gasteiger partial charge in [0, 0.05) is 36.8 Å². The van der Waals surface area contributed by atoms with Crippen molar-refractivity contribution in [3.05, 3.63) is 52.6 Å². The van der Waals surface area contributed by atoms with Gasteiger partial charge in [0.1, 0.15) is 11.6 Å². The van der Waals surface area contributed by atoms with Crippen molar-refractivity contribution >= 4 is 27.7 Å². The Bertz CT molecular complexity index is 667. The van der Waals surface area contributed by atoms with Crippen molar-refractivity contribution < 1.29 is 9.90 Å². The van der Waals surface area contributed by atoms with Gasteiger partial charge in [-0.2, -0.15) is 0 Å². The Kier molecular flexibility index (Phi) is 4.29. The Morgan fingerprint density at radius 1 is 1.09 bits per heavy atom. The molecule has 6 heteroatoms. The molecular formula is C16H16BrN3O2. The van der Waals surface area contributed by atoms with Crippen molar-refractivity contribution in [1.29, 1.82) is 0 Å². The lowest BCUT2D eigenvalue weighted by molar-refractivity contribution is 0.0743. The van der Waals surface area contributed by atoms with Gasteiger partial charge >= 0.3 is 0 Å². The SMILES string of the molecule is O=C(c1ccccc1O)N1CCN(c2ccc(Br)cn2)CC1. The number of halogens is 1. The first kappa shape index (κ1) is 14.8. The van der Waals surface area contributed by atoms with E-state index in [1.807, 2.05) is 12.1 Å². The lowest BCUT2D eigenvalue weighted by Gasteiger charge is -2.35. The molecule has 1 saturated heterocycles. The van der Waals surface area contributed by atoms with E-state index < -0.39 is 0 Å². The largest absolute Gasteiger partial charge is 0.507 e. The monoisotopic (exact) mass is 361 g/mol. The molecule has 2 heterocycles. The van der Waals surface area contributed by atoms with Crippen LogP contribution < -0.4 is 4.90 Å². The molecule has 0 saturated carbocycles. The first-order valence-corrected chi connectivity index (χ1v) is 7.88. The van der Waals surface area contributed by atoms with Gasteiger partial charge in [-0.15, -0.1) is 0 Å². The first-order chi connectivity index (χ1) is 10.6. The number of pyridine rings is 1. The van der Waals surface area contributed by atoms with Crippen molar-refractivity contribution in [3.8, 4) is 5.75 Å². The number of carbonyl (C=O) groups is 1. The Balaban J connectivity index is 1.65. The maximum Gasteiger partial charge on any atom is 0.257 e. The molecule has 1 fully saturated rings. The fraction of sp³-hybridized carbons (Fsp3) is 0.250. The number of anilines is 1. The van der Waals surface area contributed by atoms with Gasteiger partial charge in [-0.3, -0.25) is 4.79 Å². The molecule has 1 aliphatic rings. The molecule has 0 radical (unpaired) electrons. The highest BCUT2D eigenvalue weighted by Crippen LogP contribution is 2.20. The molecule has 1 aromatic carbocycles. The van der Waals surface area contributed by atoms with Crippen LogP contribution in [0.1, 0.15) is 10.4 Å². The number of hydrogen-bond acceptors (Lipinski definition) is 4. The Morgan fingerprint density at radius 2 is 1.82 bits per heavy atom. The highest BCUT2D eigenvalue weighted by atomic mass is 79.9. The van der Waals surface area contributed by atoms with E-state index in [0.29, 0.717) is 18.7 Å². The minimum Gasteiger partial charge on any atom is -0.507 e. The Hall–Kier alpha value is -2.08. The maximum atomic E-state index is 12.4. The van der Waals surface area contributed by atoms with Gasteiger partial charge in [-0.05, 0) is 40.2 Å². The quantitative estimate of drug-likeness (QED) is 0.892. The highest BCUT2D eigenvalue weighted by molar-refractivity contribution is 9.10. The van der Waals surface area contributed by atoms with Crippen molar-refractivity contribution in [2.24, 2.45) is 0 Å². The zero-order valence-corrected chi connectivity index (χ0v) is 13.5. The lowest BCUT2D eigenvalue weighted by atomic mass is 10.1. The van der Waals surface area contributed by atoms with Crippen molar-refractivity contribution in [2.75, 3.05) is 31.1 Å². The van der Waals surface area contributed by atoms with Crippen molar-refractivity contribution in [3.63, 3.8) is 0 Å². The molecule has 2 aromatic rings. The zero-order valence-electron chi connectivity index (χ0n) is 11.9. The lowest BCUT2D eigenvalue weighted by Crippen LogP contribution is -2.49. The van der Waals surface area contributed by atoms with Gasteiger partial charge in [-0.25, -0.2) is 4.98 Å². The highest BCUT2D eigenvalue weighted by Gasteiger charge is 2.24. The molecule has 0 bridgehead atoms. The van der Waals surface area contributed by atoms with E-state index >= 15 is 0 Å². The molecule has 0 aliphatic carbocycles. The predicted molar refractivity (Wildman–Crippen MR) is 88.2 cm³/mol. The third-order valence-electron chi connectivity index (χ3n) is 3.74. The third kappa shape index (κ3) is 3.06. The number of para-hydroxylation sites is 1. The Labute approximate surface area is 137 Å². The molecular weight excluding hydrogens is 346 g/mol. The van der Waals surface area contributed by atoms with E-state index in [1.54, 1.807) is 29.3 Å². The molecule has 1 N–H and O–H groups in total. The second kappa shape index (κ2) is 6.36. The second-order valence-electron chi connectivity index (χ2n) is 5.13. The summed E-state index contributed by atoms with van der Waals surface area (Å²) in [7, 11) is 0. The first-order valence-electron chi connectivity index (χ1n) is 7.09. The van der Waals surface area contributed by atoms with Crippen LogP contribution in [-0.4, -0.2) is 47.1 Å². The number of hydrogen-bond donors (Lipinski definition) is 1. The van der Waals surface area contributed by atoms with E-state index in [2.05, 4.69) is 25.8 Å². The third-order valence-corrected chi connectivity index (χ3v) is 4.21. The van der Waals surface area contributed by atoms with Crippen LogP contribution in [0.5, 0.6) is 5.75 Å². The summed E-state index contributed by atoms with van der Waals surface area (Å²) in [5, 5.41) is 9.80. The zero-order chi connectivity index (χ0) is 15.5. The molecule has 0 unspecified atom stereocenters. The fourth-order valence-corrected chi connectivity index (χ4v) is 2.75. The summed E-state index contributed by atoms with van der Waals surface area (Å²) < 4.78 is 0.949. The average Bonchev–Trinajstić information content (AvgIpc) is 2.56. The van der Waals surface area contributed by atoms with Crippen LogP contribution >= 0.6 is 15.9 Å². The minimum atomic E-state index is -0.124. The normalized spacial score (nSPS) is 15.0. The molecule has 3 rings (SSSR count). The number of piperazine rings is 1. The van der Waals surface area contributed by atoms with Gasteiger partial charge in [0.15, 0.2) is 0 Å². The molecule has 5 nitrogen and oxygen atoms in total. The van der Waals surface area contributed by atoms with E-state index in [-0.39, 0.29) is 11.7 Å². The van der Waals surface area contributed by atoms with E-state index in [0.717, 1.165) is 23.4 Å². The summed E-state index contributed by atoms with van der Waals surface area (Å²) in [5.74, 6) is 0.823. The smallest absolute Gasteiger partial charge is 0.257 e. The standard InChI is InChI=1S/C16H16BrN3O2/c17-12-5-6-15(18-11-12)19-7-9-20(10-8-19)16(22)13-3-1-2-4-14(13)21/h1-6,11,21H,7-10H2. The van der Waals surface area contributed by atoms with Gasteiger partial charge in [0.2, 0.25) is 0 Å². The van der Waals surface area contributed by atoms with Crippen LogP contribution in [0.15, 0.2) is 47.1 Å². The summed E-state index contributed by atoms with van der Waals surface area (Å²) in [5.41, 5.74) is 0.359. The van der Waals surface area contributed by atoms with Gasteiger partial charge in [-0.1, -0.05) is 12.1 Å². The molecule has 1 aromatic heterocycles. The Morgan fingerprint density at radius 3 is 2.45 bits per heavy atom. The summed E-state index contributed by atoms with van der Waals surface area (Å²) in [6.45, 7) is 2.69. The topological polar surface area (TPSA) is 56.7 Å². The number of benzene rings is 1. The van der Waals surface area contributed by atoms with Crippen molar-refractivity contribution in [2.45, 2.75) is 0 Å². The fourth-order valence-electron chi connectivity index (χ4n) is 2.52. The van der Waals surface area contributed by atoms with E-state index in [4.69, 9.17) is 0 Å².